The molecule has 2 amide bonds. The number of rotatable bonds is 6. The lowest BCUT2D eigenvalue weighted by Crippen LogP contribution is -2.44. The van der Waals surface area contributed by atoms with E-state index in [0.29, 0.717) is 21.4 Å². The van der Waals surface area contributed by atoms with Gasteiger partial charge in [0.15, 0.2) is 6.61 Å². The Morgan fingerprint density at radius 1 is 0.821 bits per heavy atom. The van der Waals surface area contributed by atoms with Crippen LogP contribution in [0.5, 0.6) is 5.75 Å². The van der Waals surface area contributed by atoms with Crippen LogP contribution in [0.1, 0.15) is 36.0 Å². The van der Waals surface area contributed by atoms with Gasteiger partial charge in [-0.3, -0.25) is 9.59 Å². The van der Waals surface area contributed by atoms with E-state index in [9.17, 15) is 9.59 Å². The van der Waals surface area contributed by atoms with E-state index in [4.69, 9.17) is 27.9 Å². The van der Waals surface area contributed by atoms with Crippen LogP contribution in [0.15, 0.2) is 48.5 Å². The predicted octanol–water partition coefficient (Wildman–Crippen LogP) is 4.23. The van der Waals surface area contributed by atoms with Gasteiger partial charge >= 0.3 is 0 Å². The van der Waals surface area contributed by atoms with Crippen LogP contribution in [-0.2, 0) is 4.79 Å². The Kier molecular flexibility index (Phi) is 7.18. The number of benzene rings is 2. The molecule has 2 N–H and O–H groups in total. The van der Waals surface area contributed by atoms with Gasteiger partial charge in [-0.1, -0.05) is 23.2 Å². The Bertz CT molecular complexity index is 801. The molecule has 5 nitrogen and oxygen atoms in total. The highest BCUT2D eigenvalue weighted by atomic mass is 35.5. The van der Waals surface area contributed by atoms with Gasteiger partial charge in [-0.2, -0.15) is 0 Å². The number of amides is 2. The van der Waals surface area contributed by atoms with E-state index in [-0.39, 0.29) is 30.5 Å². The van der Waals surface area contributed by atoms with Gasteiger partial charge in [0.05, 0.1) is 0 Å². The molecule has 2 aromatic rings. The first-order valence-corrected chi connectivity index (χ1v) is 9.99. The van der Waals surface area contributed by atoms with Crippen molar-refractivity contribution in [2.24, 2.45) is 0 Å². The van der Waals surface area contributed by atoms with Crippen LogP contribution in [0.4, 0.5) is 0 Å². The van der Waals surface area contributed by atoms with Gasteiger partial charge in [0, 0.05) is 27.7 Å². The molecule has 0 aromatic heterocycles. The van der Waals surface area contributed by atoms with Crippen molar-refractivity contribution in [2.45, 2.75) is 37.8 Å². The van der Waals surface area contributed by atoms with Crippen molar-refractivity contribution in [3.05, 3.63) is 64.1 Å². The third kappa shape index (κ3) is 6.14. The number of hydrogen-bond acceptors (Lipinski definition) is 3. The van der Waals surface area contributed by atoms with E-state index < -0.39 is 0 Å². The van der Waals surface area contributed by atoms with Gasteiger partial charge in [-0.05, 0) is 74.2 Å². The highest BCUT2D eigenvalue weighted by Crippen LogP contribution is 2.20. The first-order chi connectivity index (χ1) is 13.5. The fourth-order valence-corrected chi connectivity index (χ4v) is 3.45. The van der Waals surface area contributed by atoms with Crippen molar-refractivity contribution in [1.29, 1.82) is 0 Å². The maximum absolute atomic E-state index is 12.3. The maximum atomic E-state index is 12.3. The summed E-state index contributed by atoms with van der Waals surface area (Å²) >= 11 is 11.7. The second-order valence-electron chi connectivity index (χ2n) is 6.84. The smallest absolute Gasteiger partial charge is 0.258 e. The van der Waals surface area contributed by atoms with E-state index in [2.05, 4.69) is 10.6 Å². The Morgan fingerprint density at radius 2 is 1.32 bits per heavy atom. The summed E-state index contributed by atoms with van der Waals surface area (Å²) < 4.78 is 5.46. The molecule has 0 atom stereocenters. The van der Waals surface area contributed by atoms with E-state index in [1.807, 2.05) is 0 Å². The standard InChI is InChI=1S/C21H22Cl2N2O3/c22-15-3-1-14(2-4-15)21(27)25-18-9-7-17(8-10-18)24-20(26)13-28-19-11-5-16(23)6-12-19/h1-6,11-12,17-18H,7-10,13H2,(H,24,26)(H,25,27)/t17-,18-. The summed E-state index contributed by atoms with van der Waals surface area (Å²) in [6.07, 6.45) is 3.28. The summed E-state index contributed by atoms with van der Waals surface area (Å²) in [5.41, 5.74) is 0.596. The molecule has 148 valence electrons. The molecule has 1 fully saturated rings. The third-order valence-corrected chi connectivity index (χ3v) is 5.22. The zero-order chi connectivity index (χ0) is 19.9. The Morgan fingerprint density at radius 3 is 1.89 bits per heavy atom. The quantitative estimate of drug-likeness (QED) is 0.734. The number of hydrogen-bond donors (Lipinski definition) is 2. The zero-order valence-electron chi connectivity index (χ0n) is 15.3. The van der Waals surface area contributed by atoms with Crippen molar-refractivity contribution >= 4 is 35.0 Å². The number of halogens is 2. The molecule has 0 saturated heterocycles. The minimum Gasteiger partial charge on any atom is -0.484 e. The molecular formula is C21H22Cl2N2O3. The van der Waals surface area contributed by atoms with Crippen LogP contribution in [0.25, 0.3) is 0 Å². The van der Waals surface area contributed by atoms with Gasteiger partial charge in [0.1, 0.15) is 5.75 Å². The van der Waals surface area contributed by atoms with Crippen LogP contribution in [0, 0.1) is 0 Å². The minimum absolute atomic E-state index is 0.0329. The van der Waals surface area contributed by atoms with E-state index in [1.54, 1.807) is 48.5 Å². The topological polar surface area (TPSA) is 67.4 Å². The molecule has 0 aliphatic heterocycles. The summed E-state index contributed by atoms with van der Waals surface area (Å²) in [5.74, 6) is 0.359. The van der Waals surface area contributed by atoms with E-state index >= 15 is 0 Å². The summed E-state index contributed by atoms with van der Waals surface area (Å²) in [6, 6.07) is 13.9. The molecule has 0 heterocycles. The molecule has 0 radical (unpaired) electrons. The average Bonchev–Trinajstić information content (AvgIpc) is 2.69. The Hall–Kier alpha value is -2.24. The number of ether oxygens (including phenoxy) is 1. The molecule has 0 bridgehead atoms. The van der Waals surface area contributed by atoms with Gasteiger partial charge in [0.2, 0.25) is 0 Å². The molecule has 1 saturated carbocycles. The highest BCUT2D eigenvalue weighted by Gasteiger charge is 2.24. The molecule has 2 aromatic carbocycles. The molecule has 1 aliphatic rings. The first kappa shape index (κ1) is 20.5. The van der Waals surface area contributed by atoms with Gasteiger partial charge in [-0.25, -0.2) is 0 Å². The fourth-order valence-electron chi connectivity index (χ4n) is 3.20. The van der Waals surface area contributed by atoms with Crippen molar-refractivity contribution in [2.75, 3.05) is 6.61 Å². The Balaban J connectivity index is 1.37. The minimum atomic E-state index is -0.149. The summed E-state index contributed by atoms with van der Waals surface area (Å²) in [4.78, 5) is 24.4. The van der Waals surface area contributed by atoms with Gasteiger partial charge in [-0.15, -0.1) is 0 Å². The van der Waals surface area contributed by atoms with Crippen molar-refractivity contribution in [1.82, 2.24) is 10.6 Å². The fraction of sp³-hybridized carbons (Fsp3) is 0.333. The van der Waals surface area contributed by atoms with Crippen LogP contribution in [0.2, 0.25) is 10.0 Å². The molecular weight excluding hydrogens is 399 g/mol. The summed E-state index contributed by atoms with van der Waals surface area (Å²) in [7, 11) is 0. The molecule has 0 unspecified atom stereocenters. The van der Waals surface area contributed by atoms with Crippen molar-refractivity contribution in [3.63, 3.8) is 0 Å². The molecule has 1 aliphatic carbocycles. The Labute approximate surface area is 174 Å². The predicted molar refractivity (Wildman–Crippen MR) is 110 cm³/mol. The number of carbonyl (C=O) groups is 2. The summed E-state index contributed by atoms with van der Waals surface area (Å²) in [5, 5.41) is 7.27. The van der Waals surface area contributed by atoms with Crippen molar-refractivity contribution in [3.8, 4) is 5.75 Å². The highest BCUT2D eigenvalue weighted by molar-refractivity contribution is 6.30. The number of carbonyl (C=O) groups excluding carboxylic acids is 2. The average molecular weight is 421 g/mol. The monoisotopic (exact) mass is 420 g/mol. The van der Waals surface area contributed by atoms with Crippen LogP contribution < -0.4 is 15.4 Å². The van der Waals surface area contributed by atoms with Crippen molar-refractivity contribution < 1.29 is 14.3 Å². The van der Waals surface area contributed by atoms with E-state index in [0.717, 1.165) is 25.7 Å². The molecule has 3 rings (SSSR count). The zero-order valence-corrected chi connectivity index (χ0v) is 16.8. The van der Waals surface area contributed by atoms with Gasteiger partial charge < -0.3 is 15.4 Å². The number of nitrogens with one attached hydrogen (secondary N) is 2. The lowest BCUT2D eigenvalue weighted by atomic mass is 9.91. The first-order valence-electron chi connectivity index (χ1n) is 9.24. The lowest BCUT2D eigenvalue weighted by Gasteiger charge is -2.29. The molecule has 0 spiro atoms. The SMILES string of the molecule is O=C(COc1ccc(Cl)cc1)N[C@H]1CC[C@H](NC(=O)c2ccc(Cl)cc2)CC1. The second-order valence-corrected chi connectivity index (χ2v) is 7.71. The van der Waals surface area contributed by atoms with Gasteiger partial charge in [0.25, 0.3) is 11.8 Å². The summed E-state index contributed by atoms with van der Waals surface area (Å²) in [6.45, 7) is -0.0329. The van der Waals surface area contributed by atoms with Crippen LogP contribution >= 0.6 is 23.2 Å². The van der Waals surface area contributed by atoms with Crippen LogP contribution in [0.3, 0.4) is 0 Å². The molecule has 7 heteroatoms. The molecule has 28 heavy (non-hydrogen) atoms. The largest absolute Gasteiger partial charge is 0.484 e. The van der Waals surface area contributed by atoms with E-state index in [1.165, 1.54) is 0 Å². The third-order valence-electron chi connectivity index (χ3n) is 4.72. The normalized spacial score (nSPS) is 18.9. The second kappa shape index (κ2) is 9.80. The van der Waals surface area contributed by atoms with Crippen LogP contribution in [-0.4, -0.2) is 30.5 Å². The lowest BCUT2D eigenvalue weighted by molar-refractivity contribution is -0.124. The maximum Gasteiger partial charge on any atom is 0.258 e.